The number of nitrogens with zero attached hydrogens (tertiary/aromatic N) is 5. The Morgan fingerprint density at radius 1 is 1.12 bits per heavy atom. The number of nitro benzene ring substituents is 1. The van der Waals surface area contributed by atoms with E-state index in [1.807, 2.05) is 30.3 Å². The maximum atomic E-state index is 10.9. The van der Waals surface area contributed by atoms with Crippen LogP contribution in [0.2, 0.25) is 0 Å². The van der Waals surface area contributed by atoms with Gasteiger partial charge in [-0.25, -0.2) is 0 Å². The van der Waals surface area contributed by atoms with E-state index >= 15 is 0 Å². The molecular weight excluding hydrogens is 388 g/mol. The van der Waals surface area contributed by atoms with Crippen LogP contribution in [0.3, 0.4) is 0 Å². The number of hydrogen-bond acceptors (Lipinski definition) is 6. The number of aromatic nitrogens is 4. The van der Waals surface area contributed by atoms with Crippen LogP contribution in [-0.4, -0.2) is 25.1 Å². The lowest BCUT2D eigenvalue weighted by atomic mass is 10.0. The van der Waals surface area contributed by atoms with Gasteiger partial charge < -0.3 is 5.32 Å². The van der Waals surface area contributed by atoms with Crippen LogP contribution in [0, 0.1) is 10.1 Å². The molecule has 124 valence electrons. The van der Waals surface area contributed by atoms with Crippen LogP contribution in [0.1, 0.15) is 17.2 Å². The van der Waals surface area contributed by atoms with Crippen LogP contribution in [0.4, 0.5) is 11.6 Å². The van der Waals surface area contributed by atoms with Gasteiger partial charge in [-0.2, -0.15) is 4.68 Å². The van der Waals surface area contributed by atoms with Crippen molar-refractivity contribution < 1.29 is 4.92 Å². The van der Waals surface area contributed by atoms with Crippen LogP contribution in [-0.2, 0) is 0 Å². The van der Waals surface area contributed by atoms with Gasteiger partial charge in [-0.1, -0.05) is 33.2 Å². The second-order valence-electron chi connectivity index (χ2n) is 5.45. The largest absolute Gasteiger partial charge is 0.323 e. The van der Waals surface area contributed by atoms with Gasteiger partial charge in [-0.05, 0) is 51.9 Å². The predicted molar refractivity (Wildman–Crippen MR) is 94.8 cm³/mol. The lowest BCUT2D eigenvalue weighted by Crippen LogP contribution is -2.20. The fourth-order valence-corrected chi connectivity index (χ4v) is 2.95. The van der Waals surface area contributed by atoms with Crippen molar-refractivity contribution >= 4 is 33.3 Å². The number of hydrogen-bond donors (Lipinski definition) is 1. The first-order chi connectivity index (χ1) is 12.1. The molecule has 0 saturated carbocycles. The van der Waals surface area contributed by atoms with Crippen molar-refractivity contribution in [2.45, 2.75) is 6.04 Å². The minimum absolute atomic E-state index is 0.0479. The summed E-state index contributed by atoms with van der Waals surface area (Å²) in [5, 5.41) is 25.8. The Balaban J connectivity index is 1.76. The molecule has 0 spiro atoms. The molecule has 1 N–H and O–H groups in total. The molecule has 0 amide bonds. The van der Waals surface area contributed by atoms with Crippen molar-refractivity contribution in [2.75, 3.05) is 5.32 Å². The average Bonchev–Trinajstić information content (AvgIpc) is 3.10. The summed E-state index contributed by atoms with van der Waals surface area (Å²) in [6, 6.07) is 14.0. The summed E-state index contributed by atoms with van der Waals surface area (Å²) < 4.78 is 2.63. The molecule has 2 heterocycles. The second kappa shape index (κ2) is 6.10. The number of rotatable bonds is 3. The number of tetrazole rings is 1. The van der Waals surface area contributed by atoms with Gasteiger partial charge in [0.2, 0.25) is 5.95 Å². The van der Waals surface area contributed by atoms with Crippen molar-refractivity contribution in [1.29, 1.82) is 0 Å². The highest BCUT2D eigenvalue weighted by Crippen LogP contribution is 2.32. The Labute approximate surface area is 150 Å². The summed E-state index contributed by atoms with van der Waals surface area (Å²) in [4.78, 5) is 10.4. The smallest absolute Gasteiger partial charge is 0.269 e. The van der Waals surface area contributed by atoms with Gasteiger partial charge in [0, 0.05) is 22.3 Å². The molecule has 3 aromatic rings. The fraction of sp³-hybridized carbons (Fsp3) is 0.0625. The van der Waals surface area contributed by atoms with Crippen LogP contribution < -0.4 is 5.32 Å². The van der Waals surface area contributed by atoms with Gasteiger partial charge in [-0.3, -0.25) is 10.1 Å². The minimum Gasteiger partial charge on any atom is -0.323 e. The summed E-state index contributed by atoms with van der Waals surface area (Å²) in [5.74, 6) is 0.517. The van der Waals surface area contributed by atoms with E-state index in [1.165, 1.54) is 12.1 Å². The van der Waals surface area contributed by atoms with E-state index in [-0.39, 0.29) is 11.7 Å². The maximum absolute atomic E-state index is 10.9. The Hall–Kier alpha value is -3.07. The molecule has 4 rings (SSSR count). The Kier molecular flexibility index (Phi) is 3.77. The lowest BCUT2D eigenvalue weighted by molar-refractivity contribution is -0.384. The van der Waals surface area contributed by atoms with Gasteiger partial charge in [-0.15, -0.1) is 0 Å². The fourth-order valence-electron chi connectivity index (χ4n) is 2.68. The summed E-state index contributed by atoms with van der Waals surface area (Å²) in [7, 11) is 0. The van der Waals surface area contributed by atoms with E-state index in [0.29, 0.717) is 5.95 Å². The maximum Gasteiger partial charge on any atom is 0.269 e. The number of nitro groups is 1. The molecule has 0 fully saturated rings. The van der Waals surface area contributed by atoms with Gasteiger partial charge >= 0.3 is 0 Å². The number of benzene rings is 2. The third-order valence-corrected chi connectivity index (χ3v) is 4.46. The number of allylic oxidation sites excluding steroid dienone is 1. The Bertz CT molecular complexity index is 965. The van der Waals surface area contributed by atoms with Gasteiger partial charge in [0.05, 0.1) is 4.92 Å². The molecular formula is C16H11BrN6O2. The second-order valence-corrected chi connectivity index (χ2v) is 6.37. The van der Waals surface area contributed by atoms with Crippen LogP contribution in [0.25, 0.3) is 5.70 Å². The average molecular weight is 399 g/mol. The highest BCUT2D eigenvalue weighted by Gasteiger charge is 2.24. The van der Waals surface area contributed by atoms with Gasteiger partial charge in [0.15, 0.2) is 0 Å². The molecule has 25 heavy (non-hydrogen) atoms. The number of anilines is 1. The van der Waals surface area contributed by atoms with E-state index in [1.54, 1.807) is 16.8 Å². The molecule has 1 aromatic heterocycles. The summed E-state index contributed by atoms with van der Waals surface area (Å²) in [5.41, 5.74) is 2.77. The standard InChI is InChI=1S/C16H11BrN6O2/c17-12-5-1-10(2-6-12)14-9-15(22-16(18-14)19-20-21-22)11-3-7-13(8-4-11)23(24)25/h1-9,15H,(H,18,19,21)/t15-/m1/s1. The Morgan fingerprint density at radius 3 is 2.52 bits per heavy atom. The molecule has 8 nitrogen and oxygen atoms in total. The zero-order chi connectivity index (χ0) is 17.4. The van der Waals surface area contributed by atoms with E-state index < -0.39 is 4.92 Å². The Morgan fingerprint density at radius 2 is 1.84 bits per heavy atom. The number of nitrogens with one attached hydrogen (secondary N) is 1. The highest BCUT2D eigenvalue weighted by molar-refractivity contribution is 9.10. The molecule has 2 aromatic carbocycles. The summed E-state index contributed by atoms with van der Waals surface area (Å²) in [6.45, 7) is 0. The number of fused-ring (bicyclic) bond motifs is 1. The quantitative estimate of drug-likeness (QED) is 0.536. The molecule has 0 unspecified atom stereocenters. The van der Waals surface area contributed by atoms with Crippen molar-refractivity contribution in [3.05, 3.63) is 80.3 Å². The SMILES string of the molecule is O=[N+]([O-])c1ccc([C@H]2C=C(c3ccc(Br)cc3)Nc3nnnn32)cc1. The topological polar surface area (TPSA) is 98.8 Å². The first kappa shape index (κ1) is 15.5. The molecule has 0 saturated heterocycles. The van der Waals surface area contributed by atoms with Gasteiger partial charge in [0.25, 0.3) is 5.69 Å². The normalized spacial score (nSPS) is 15.9. The molecule has 9 heteroatoms. The van der Waals surface area contributed by atoms with Crippen molar-refractivity contribution in [2.24, 2.45) is 0 Å². The summed E-state index contributed by atoms with van der Waals surface area (Å²) >= 11 is 3.42. The number of halogens is 1. The molecule has 1 atom stereocenters. The third kappa shape index (κ3) is 2.89. The lowest BCUT2D eigenvalue weighted by Gasteiger charge is -2.23. The molecule has 1 aliphatic rings. The molecule has 0 aliphatic carbocycles. The van der Waals surface area contributed by atoms with Crippen LogP contribution >= 0.6 is 15.9 Å². The zero-order valence-corrected chi connectivity index (χ0v) is 14.3. The van der Waals surface area contributed by atoms with E-state index in [2.05, 4.69) is 36.8 Å². The van der Waals surface area contributed by atoms with E-state index in [9.17, 15) is 10.1 Å². The molecule has 0 bridgehead atoms. The molecule has 1 aliphatic heterocycles. The first-order valence-electron chi connectivity index (χ1n) is 7.39. The highest BCUT2D eigenvalue weighted by atomic mass is 79.9. The van der Waals surface area contributed by atoms with Crippen LogP contribution in [0.15, 0.2) is 59.1 Å². The first-order valence-corrected chi connectivity index (χ1v) is 8.18. The van der Waals surface area contributed by atoms with E-state index in [0.717, 1.165) is 21.3 Å². The predicted octanol–water partition coefficient (Wildman–Crippen LogP) is 3.40. The van der Waals surface area contributed by atoms with E-state index in [4.69, 9.17) is 0 Å². The number of non-ortho nitro benzene ring substituents is 1. The van der Waals surface area contributed by atoms with Crippen LogP contribution in [0.5, 0.6) is 0 Å². The monoisotopic (exact) mass is 398 g/mol. The zero-order valence-electron chi connectivity index (χ0n) is 12.7. The van der Waals surface area contributed by atoms with Crippen molar-refractivity contribution in [3.63, 3.8) is 0 Å². The van der Waals surface area contributed by atoms with Crippen molar-refractivity contribution in [3.8, 4) is 0 Å². The van der Waals surface area contributed by atoms with Gasteiger partial charge in [0.1, 0.15) is 6.04 Å². The third-order valence-electron chi connectivity index (χ3n) is 3.93. The minimum atomic E-state index is -0.419. The summed E-state index contributed by atoms with van der Waals surface area (Å²) in [6.07, 6.45) is 1.99. The van der Waals surface area contributed by atoms with Crippen molar-refractivity contribution in [1.82, 2.24) is 20.2 Å². The molecule has 0 radical (unpaired) electrons.